The van der Waals surface area contributed by atoms with Crippen LogP contribution in [-0.4, -0.2) is 39.3 Å². The van der Waals surface area contributed by atoms with Gasteiger partial charge in [0.15, 0.2) is 12.4 Å². The van der Waals surface area contributed by atoms with E-state index in [4.69, 9.17) is 4.74 Å². The first-order chi connectivity index (χ1) is 16.9. The van der Waals surface area contributed by atoms with Crippen LogP contribution in [0.2, 0.25) is 0 Å². The van der Waals surface area contributed by atoms with Crippen LogP contribution in [0.15, 0.2) is 78.9 Å². The lowest BCUT2D eigenvalue weighted by molar-refractivity contribution is -0.123. The number of urea groups is 1. The van der Waals surface area contributed by atoms with E-state index in [0.717, 1.165) is 16.7 Å². The fourth-order valence-corrected chi connectivity index (χ4v) is 3.39. The van der Waals surface area contributed by atoms with Gasteiger partial charge in [0.1, 0.15) is 0 Å². The summed E-state index contributed by atoms with van der Waals surface area (Å²) in [5, 5.41) is 9.02. The maximum Gasteiger partial charge on any atom is 0.378 e. The molecule has 35 heavy (non-hydrogen) atoms. The van der Waals surface area contributed by atoms with Crippen molar-refractivity contribution in [3.8, 4) is 17.1 Å². The lowest BCUT2D eigenvalue weighted by Gasteiger charge is -2.09. The number of esters is 1. The molecule has 0 aliphatic heterocycles. The Morgan fingerprint density at radius 3 is 2.29 bits per heavy atom. The van der Waals surface area contributed by atoms with Gasteiger partial charge >= 0.3 is 12.0 Å². The molecule has 1 aromatic heterocycles. The van der Waals surface area contributed by atoms with Gasteiger partial charge < -0.3 is 10.1 Å². The molecule has 4 rings (SSSR count). The Bertz CT molecular complexity index is 1310. The molecule has 0 aliphatic carbocycles. The van der Waals surface area contributed by atoms with Crippen molar-refractivity contribution in [2.75, 3.05) is 11.9 Å². The highest BCUT2D eigenvalue weighted by Crippen LogP contribution is 2.21. The summed E-state index contributed by atoms with van der Waals surface area (Å²) in [7, 11) is 0. The van der Waals surface area contributed by atoms with E-state index in [1.165, 1.54) is 4.68 Å². The number of benzene rings is 3. The van der Waals surface area contributed by atoms with Crippen molar-refractivity contribution in [2.45, 2.75) is 13.8 Å². The number of amides is 3. The number of hydrogen-bond acceptors (Lipinski definition) is 6. The number of imide groups is 1. The maximum absolute atomic E-state index is 12.6. The van der Waals surface area contributed by atoms with Crippen LogP contribution < -0.4 is 10.6 Å². The largest absolute Gasteiger partial charge is 0.450 e. The van der Waals surface area contributed by atoms with Gasteiger partial charge in [-0.2, -0.15) is 0 Å². The number of carbonyl (C=O) groups is 3. The summed E-state index contributed by atoms with van der Waals surface area (Å²) in [6, 6.07) is 23.3. The van der Waals surface area contributed by atoms with Crippen LogP contribution in [0, 0.1) is 13.8 Å². The Morgan fingerprint density at radius 1 is 0.914 bits per heavy atom. The molecule has 0 radical (unpaired) electrons. The van der Waals surface area contributed by atoms with Crippen LogP contribution in [0.1, 0.15) is 21.7 Å². The number of para-hydroxylation sites is 1. The van der Waals surface area contributed by atoms with Gasteiger partial charge in [0.05, 0.1) is 5.69 Å². The Morgan fingerprint density at radius 2 is 1.60 bits per heavy atom. The van der Waals surface area contributed by atoms with E-state index in [1.807, 2.05) is 86.6 Å². The van der Waals surface area contributed by atoms with Gasteiger partial charge in [0.25, 0.3) is 11.7 Å². The predicted molar refractivity (Wildman–Crippen MR) is 130 cm³/mol. The predicted octanol–water partition coefficient (Wildman–Crippen LogP) is 4.06. The topological polar surface area (TPSA) is 115 Å². The zero-order valence-corrected chi connectivity index (χ0v) is 19.2. The Hall–Kier alpha value is -4.79. The minimum absolute atomic E-state index is 0.208. The molecule has 0 saturated carbocycles. The molecular formula is C26H23N5O4. The van der Waals surface area contributed by atoms with E-state index in [-0.39, 0.29) is 5.82 Å². The number of nitrogens with zero attached hydrogens (tertiary/aromatic N) is 3. The molecule has 2 N–H and O–H groups in total. The molecular weight excluding hydrogens is 446 g/mol. The average molecular weight is 470 g/mol. The smallest absolute Gasteiger partial charge is 0.378 e. The molecule has 0 bridgehead atoms. The van der Waals surface area contributed by atoms with Gasteiger partial charge in [0.2, 0.25) is 0 Å². The van der Waals surface area contributed by atoms with Crippen LogP contribution in [-0.2, 0) is 9.53 Å². The second kappa shape index (κ2) is 10.4. The third-order valence-electron chi connectivity index (χ3n) is 5.04. The van der Waals surface area contributed by atoms with Crippen LogP contribution in [0.3, 0.4) is 0 Å². The highest BCUT2D eigenvalue weighted by molar-refractivity contribution is 6.02. The molecule has 0 unspecified atom stereocenters. The molecule has 3 aromatic carbocycles. The third-order valence-corrected chi connectivity index (χ3v) is 5.04. The second-order valence-corrected chi connectivity index (χ2v) is 7.77. The molecule has 0 spiro atoms. The zero-order chi connectivity index (χ0) is 24.8. The first-order valence-corrected chi connectivity index (χ1v) is 10.8. The van der Waals surface area contributed by atoms with Crippen LogP contribution in [0.25, 0.3) is 17.1 Å². The first kappa shape index (κ1) is 23.4. The molecule has 0 atom stereocenters. The normalized spacial score (nSPS) is 10.5. The summed E-state index contributed by atoms with van der Waals surface area (Å²) < 4.78 is 6.58. The lowest BCUT2D eigenvalue weighted by atomic mass is 10.1. The van der Waals surface area contributed by atoms with Gasteiger partial charge in [-0.25, -0.2) is 19.3 Å². The number of nitrogens with one attached hydrogen (secondary N) is 2. The summed E-state index contributed by atoms with van der Waals surface area (Å²) in [5.41, 5.74) is 3.94. The van der Waals surface area contributed by atoms with Crippen LogP contribution in [0.4, 0.5) is 10.5 Å². The highest BCUT2D eigenvalue weighted by Gasteiger charge is 2.21. The lowest BCUT2D eigenvalue weighted by Crippen LogP contribution is -2.37. The van der Waals surface area contributed by atoms with Gasteiger partial charge in [-0.15, -0.1) is 5.10 Å². The minimum atomic E-state index is -0.887. The average Bonchev–Trinajstić information content (AvgIpc) is 3.31. The highest BCUT2D eigenvalue weighted by atomic mass is 16.5. The summed E-state index contributed by atoms with van der Waals surface area (Å²) in [4.78, 5) is 41.2. The molecule has 9 heteroatoms. The molecule has 176 valence electrons. The van der Waals surface area contributed by atoms with Crippen molar-refractivity contribution in [2.24, 2.45) is 0 Å². The van der Waals surface area contributed by atoms with Gasteiger partial charge in [0, 0.05) is 11.3 Å². The monoisotopic (exact) mass is 469 g/mol. The minimum Gasteiger partial charge on any atom is -0.450 e. The summed E-state index contributed by atoms with van der Waals surface area (Å²) >= 11 is 0. The van der Waals surface area contributed by atoms with E-state index in [2.05, 4.69) is 20.7 Å². The van der Waals surface area contributed by atoms with E-state index < -0.39 is 24.5 Å². The Balaban J connectivity index is 1.42. The van der Waals surface area contributed by atoms with Crippen molar-refractivity contribution in [1.82, 2.24) is 20.1 Å². The van der Waals surface area contributed by atoms with Gasteiger partial charge in [-0.1, -0.05) is 66.2 Å². The van der Waals surface area contributed by atoms with Crippen molar-refractivity contribution in [3.63, 3.8) is 0 Å². The first-order valence-electron chi connectivity index (χ1n) is 10.8. The van der Waals surface area contributed by atoms with Crippen LogP contribution in [0.5, 0.6) is 0 Å². The van der Waals surface area contributed by atoms with Crippen molar-refractivity contribution >= 4 is 23.6 Å². The number of aryl methyl sites for hydroxylation is 2. The molecule has 4 aromatic rings. The Kier molecular flexibility index (Phi) is 6.96. The molecule has 0 aliphatic rings. The number of rotatable bonds is 6. The number of ether oxygens (including phenoxy) is 1. The van der Waals surface area contributed by atoms with E-state index in [1.54, 1.807) is 6.07 Å². The van der Waals surface area contributed by atoms with E-state index in [0.29, 0.717) is 17.2 Å². The SMILES string of the molecule is Cc1ccc(NC(=O)NC(=O)COC(=O)c2nc(-c3ccccc3)n(-c3ccccc3)n2)c(C)c1. The van der Waals surface area contributed by atoms with E-state index >= 15 is 0 Å². The van der Waals surface area contributed by atoms with Crippen LogP contribution >= 0.6 is 0 Å². The number of hydrogen-bond donors (Lipinski definition) is 2. The molecule has 0 fully saturated rings. The zero-order valence-electron chi connectivity index (χ0n) is 19.2. The fourth-order valence-electron chi connectivity index (χ4n) is 3.39. The molecule has 3 amide bonds. The number of carbonyl (C=O) groups excluding carboxylic acids is 3. The van der Waals surface area contributed by atoms with Gasteiger partial charge in [-0.3, -0.25) is 10.1 Å². The fraction of sp³-hybridized carbons (Fsp3) is 0.115. The second-order valence-electron chi connectivity index (χ2n) is 7.77. The number of anilines is 1. The van der Waals surface area contributed by atoms with Crippen molar-refractivity contribution < 1.29 is 19.1 Å². The van der Waals surface area contributed by atoms with E-state index in [9.17, 15) is 14.4 Å². The third kappa shape index (κ3) is 5.77. The Labute approximate surface area is 201 Å². The summed E-state index contributed by atoms with van der Waals surface area (Å²) in [6.45, 7) is 3.12. The molecule has 0 saturated heterocycles. The quantitative estimate of drug-likeness (QED) is 0.412. The van der Waals surface area contributed by atoms with Crippen molar-refractivity contribution in [3.05, 3.63) is 95.8 Å². The maximum atomic E-state index is 12.6. The van der Waals surface area contributed by atoms with Gasteiger partial charge in [-0.05, 0) is 37.6 Å². The standard InChI is InChI=1S/C26H23N5O4/c1-17-13-14-21(18(2)15-17)27-26(34)28-22(32)16-35-25(33)23-29-24(19-9-5-3-6-10-19)31(30-23)20-11-7-4-8-12-20/h3-15H,16H2,1-2H3,(H2,27,28,32,34). The summed E-state index contributed by atoms with van der Waals surface area (Å²) in [6.07, 6.45) is 0. The molecule has 9 nitrogen and oxygen atoms in total. The van der Waals surface area contributed by atoms with Crippen molar-refractivity contribution in [1.29, 1.82) is 0 Å². The number of aromatic nitrogens is 3. The summed E-state index contributed by atoms with van der Waals surface area (Å²) in [5.74, 6) is -1.44. The molecule has 1 heterocycles.